The van der Waals surface area contributed by atoms with Crippen LogP contribution >= 0.6 is 11.8 Å². The molecule has 1 aromatic carbocycles. The molecule has 1 heterocycles. The maximum atomic E-state index is 12.4. The van der Waals surface area contributed by atoms with Crippen molar-refractivity contribution in [3.63, 3.8) is 0 Å². The first-order valence-electron chi connectivity index (χ1n) is 6.99. The number of carbonyl (C=O) groups is 1. The van der Waals surface area contributed by atoms with E-state index in [1.54, 1.807) is 18.8 Å². The highest BCUT2D eigenvalue weighted by molar-refractivity contribution is 7.98. The van der Waals surface area contributed by atoms with Gasteiger partial charge in [0.1, 0.15) is 6.54 Å². The number of amides is 1. The van der Waals surface area contributed by atoms with Gasteiger partial charge in [0.15, 0.2) is 0 Å². The summed E-state index contributed by atoms with van der Waals surface area (Å²) < 4.78 is 37.3. The number of hydrogen-bond donors (Lipinski definition) is 0. The molecule has 1 saturated heterocycles. The minimum absolute atomic E-state index is 0.164. The molecule has 2 rings (SSSR count). The number of rotatable bonds is 5. The third-order valence-corrected chi connectivity index (χ3v) is 4.62. The SMILES string of the molecule is CSc1ccccc1CN(C)[C@@H]1CCN(CC(F)(F)F)C1=O. The van der Waals surface area contributed by atoms with Gasteiger partial charge >= 0.3 is 6.18 Å². The molecule has 0 bridgehead atoms. The van der Waals surface area contributed by atoms with Crippen LogP contribution in [0.3, 0.4) is 0 Å². The molecule has 0 saturated carbocycles. The smallest absolute Gasteiger partial charge is 0.332 e. The van der Waals surface area contributed by atoms with Crippen molar-refractivity contribution >= 4 is 17.7 Å². The van der Waals surface area contributed by atoms with Crippen LogP contribution in [0.4, 0.5) is 13.2 Å². The van der Waals surface area contributed by atoms with Crippen molar-refractivity contribution in [2.24, 2.45) is 0 Å². The fourth-order valence-corrected chi connectivity index (χ4v) is 3.33. The molecule has 1 atom stereocenters. The van der Waals surface area contributed by atoms with Gasteiger partial charge < -0.3 is 4.90 Å². The van der Waals surface area contributed by atoms with Crippen LogP contribution in [-0.2, 0) is 11.3 Å². The van der Waals surface area contributed by atoms with Crippen molar-refractivity contribution in [1.29, 1.82) is 0 Å². The van der Waals surface area contributed by atoms with Gasteiger partial charge in [-0.3, -0.25) is 9.69 Å². The van der Waals surface area contributed by atoms with Gasteiger partial charge in [0.05, 0.1) is 6.04 Å². The molecule has 0 aliphatic carbocycles. The van der Waals surface area contributed by atoms with Crippen LogP contribution in [0.1, 0.15) is 12.0 Å². The lowest BCUT2D eigenvalue weighted by Crippen LogP contribution is -2.42. The van der Waals surface area contributed by atoms with Crippen molar-refractivity contribution in [2.45, 2.75) is 30.1 Å². The van der Waals surface area contributed by atoms with E-state index < -0.39 is 24.7 Å². The van der Waals surface area contributed by atoms with Crippen molar-refractivity contribution in [3.05, 3.63) is 29.8 Å². The number of thioether (sulfide) groups is 1. The summed E-state index contributed by atoms with van der Waals surface area (Å²) in [5.41, 5.74) is 1.08. The second-order valence-corrected chi connectivity index (χ2v) is 6.25. The molecular weight excluding hydrogens is 313 g/mol. The Bertz CT molecular complexity index is 536. The Kier molecular flexibility index (Phi) is 5.39. The number of nitrogens with zero attached hydrogens (tertiary/aromatic N) is 2. The first-order chi connectivity index (χ1) is 10.3. The molecule has 122 valence electrons. The van der Waals surface area contributed by atoms with Crippen LogP contribution in [0.25, 0.3) is 0 Å². The standard InChI is InChI=1S/C15H19F3N2OS/c1-19(9-11-5-3-4-6-13(11)22-2)12-7-8-20(14(12)21)10-15(16,17)18/h3-6,12H,7-10H2,1-2H3/t12-/m1/s1. The van der Waals surface area contributed by atoms with Crippen LogP contribution in [0.2, 0.25) is 0 Å². The van der Waals surface area contributed by atoms with Gasteiger partial charge in [-0.1, -0.05) is 18.2 Å². The quantitative estimate of drug-likeness (QED) is 0.775. The maximum absolute atomic E-state index is 12.4. The van der Waals surface area contributed by atoms with Crippen molar-refractivity contribution < 1.29 is 18.0 Å². The van der Waals surface area contributed by atoms with Crippen molar-refractivity contribution in [2.75, 3.05) is 26.4 Å². The molecule has 0 aromatic heterocycles. The molecule has 1 aliphatic rings. The summed E-state index contributed by atoms with van der Waals surface area (Å²) in [7, 11) is 1.79. The molecular formula is C15H19F3N2OS. The van der Waals surface area contributed by atoms with Gasteiger partial charge in [-0.2, -0.15) is 13.2 Å². The number of likely N-dealkylation sites (tertiary alicyclic amines) is 1. The van der Waals surface area contributed by atoms with Gasteiger partial charge in [-0.25, -0.2) is 0 Å². The molecule has 1 amide bonds. The first kappa shape index (κ1) is 17.1. The summed E-state index contributed by atoms with van der Waals surface area (Å²) in [5.74, 6) is -0.429. The van der Waals surface area contributed by atoms with Gasteiger partial charge in [0, 0.05) is 18.0 Å². The van der Waals surface area contributed by atoms with E-state index in [1.165, 1.54) is 0 Å². The zero-order valence-electron chi connectivity index (χ0n) is 12.6. The third-order valence-electron chi connectivity index (χ3n) is 3.78. The van der Waals surface area contributed by atoms with Crippen LogP contribution in [0.5, 0.6) is 0 Å². The largest absolute Gasteiger partial charge is 0.406 e. The molecule has 0 unspecified atom stereocenters. The van der Waals surface area contributed by atoms with Gasteiger partial charge in [0.2, 0.25) is 5.91 Å². The highest BCUT2D eigenvalue weighted by Crippen LogP contribution is 2.26. The van der Waals surface area contributed by atoms with Crippen LogP contribution in [0, 0.1) is 0 Å². The second kappa shape index (κ2) is 6.91. The number of benzene rings is 1. The number of likely N-dealkylation sites (N-methyl/N-ethyl adjacent to an activating group) is 1. The Balaban J connectivity index is 2.02. The summed E-state index contributed by atoms with van der Waals surface area (Å²) in [6, 6.07) is 7.38. The van der Waals surface area contributed by atoms with E-state index in [0.717, 1.165) is 15.4 Å². The first-order valence-corrected chi connectivity index (χ1v) is 8.22. The van der Waals surface area contributed by atoms with E-state index in [1.807, 2.05) is 35.4 Å². The minimum atomic E-state index is -4.34. The van der Waals surface area contributed by atoms with E-state index in [4.69, 9.17) is 0 Å². The van der Waals surface area contributed by atoms with Gasteiger partial charge in [0.25, 0.3) is 0 Å². The molecule has 0 N–H and O–H groups in total. The number of alkyl halides is 3. The molecule has 0 radical (unpaired) electrons. The fourth-order valence-electron chi connectivity index (χ4n) is 2.72. The minimum Gasteiger partial charge on any atom is -0.332 e. The third kappa shape index (κ3) is 4.16. The summed E-state index contributed by atoms with van der Waals surface area (Å²) in [4.78, 5) is 16.0. The Labute approximate surface area is 132 Å². The van der Waals surface area contributed by atoms with Crippen molar-refractivity contribution in [3.8, 4) is 0 Å². The lowest BCUT2D eigenvalue weighted by atomic mass is 10.1. The number of carbonyl (C=O) groups excluding carboxylic acids is 1. The average molecular weight is 332 g/mol. The van der Waals surface area contributed by atoms with E-state index in [0.29, 0.717) is 13.0 Å². The zero-order valence-corrected chi connectivity index (χ0v) is 13.4. The molecule has 0 spiro atoms. The Morgan fingerprint density at radius 3 is 2.68 bits per heavy atom. The summed E-state index contributed by atoms with van der Waals surface area (Å²) in [5, 5.41) is 0. The maximum Gasteiger partial charge on any atom is 0.406 e. The Hall–Kier alpha value is -1.21. The summed E-state index contributed by atoms with van der Waals surface area (Å²) >= 11 is 1.62. The second-order valence-electron chi connectivity index (χ2n) is 5.41. The Morgan fingerprint density at radius 2 is 2.05 bits per heavy atom. The molecule has 1 fully saturated rings. The number of hydrogen-bond acceptors (Lipinski definition) is 3. The highest BCUT2D eigenvalue weighted by Gasteiger charge is 2.40. The average Bonchev–Trinajstić information content (AvgIpc) is 2.79. The predicted molar refractivity (Wildman–Crippen MR) is 80.7 cm³/mol. The summed E-state index contributed by atoms with van der Waals surface area (Å²) in [6.07, 6.45) is -1.92. The zero-order chi connectivity index (χ0) is 16.3. The van der Waals surface area contributed by atoms with E-state index in [9.17, 15) is 18.0 Å². The molecule has 1 aromatic rings. The lowest BCUT2D eigenvalue weighted by Gasteiger charge is -2.25. The summed E-state index contributed by atoms with van der Waals surface area (Å²) in [6.45, 7) is -0.442. The number of halogens is 3. The molecule has 3 nitrogen and oxygen atoms in total. The molecule has 7 heteroatoms. The molecule has 22 heavy (non-hydrogen) atoms. The molecule has 1 aliphatic heterocycles. The lowest BCUT2D eigenvalue weighted by molar-refractivity contribution is -0.159. The van der Waals surface area contributed by atoms with Gasteiger partial charge in [-0.15, -0.1) is 11.8 Å². The highest BCUT2D eigenvalue weighted by atomic mass is 32.2. The van der Waals surface area contributed by atoms with E-state index in [2.05, 4.69) is 0 Å². The van der Waals surface area contributed by atoms with Gasteiger partial charge in [-0.05, 0) is 31.4 Å². The van der Waals surface area contributed by atoms with Crippen LogP contribution in [-0.4, -0.2) is 54.3 Å². The Morgan fingerprint density at radius 1 is 1.36 bits per heavy atom. The van der Waals surface area contributed by atoms with E-state index >= 15 is 0 Å². The van der Waals surface area contributed by atoms with Crippen LogP contribution in [0.15, 0.2) is 29.2 Å². The van der Waals surface area contributed by atoms with Crippen molar-refractivity contribution in [1.82, 2.24) is 9.80 Å². The normalized spacial score (nSPS) is 19.3. The van der Waals surface area contributed by atoms with E-state index in [-0.39, 0.29) is 6.54 Å². The predicted octanol–water partition coefficient (Wildman–Crippen LogP) is 3.00. The topological polar surface area (TPSA) is 23.6 Å². The van der Waals surface area contributed by atoms with Crippen LogP contribution < -0.4 is 0 Å². The fraction of sp³-hybridized carbons (Fsp3) is 0.533. The monoisotopic (exact) mass is 332 g/mol.